The zero-order valence-corrected chi connectivity index (χ0v) is 9.90. The number of benzene rings is 2. The molecule has 0 aliphatic carbocycles. The second-order valence-corrected chi connectivity index (χ2v) is 3.98. The highest BCUT2D eigenvalue weighted by atomic mass is 15.1. The highest BCUT2D eigenvalue weighted by molar-refractivity contribution is 5.95. The van der Waals surface area contributed by atoms with Crippen LogP contribution in [0.5, 0.6) is 0 Å². The monoisotopic (exact) mass is 211 g/mol. The van der Waals surface area contributed by atoms with Gasteiger partial charge in [-0.3, -0.25) is 0 Å². The lowest BCUT2D eigenvalue weighted by molar-refractivity contribution is 1.14. The zero-order valence-electron chi connectivity index (χ0n) is 9.90. The van der Waals surface area contributed by atoms with Crippen LogP contribution in [0.1, 0.15) is 12.5 Å². The average Bonchev–Trinajstić information content (AvgIpc) is 2.36. The Bertz CT molecular complexity index is 514. The summed E-state index contributed by atoms with van der Waals surface area (Å²) in [4.78, 5) is 2.06. The fourth-order valence-electron chi connectivity index (χ4n) is 1.93. The Kier molecular flexibility index (Phi) is 2.95. The number of anilines is 1. The molecule has 0 saturated heterocycles. The number of nitrogens with zero attached hydrogens (tertiary/aromatic N) is 1. The van der Waals surface area contributed by atoms with E-state index in [1.54, 1.807) is 0 Å². The van der Waals surface area contributed by atoms with Crippen molar-refractivity contribution in [2.24, 2.45) is 0 Å². The van der Waals surface area contributed by atoms with Gasteiger partial charge in [-0.25, -0.2) is 0 Å². The molecule has 2 aromatic carbocycles. The first-order chi connectivity index (χ1) is 7.76. The van der Waals surface area contributed by atoms with Gasteiger partial charge in [-0.1, -0.05) is 37.8 Å². The van der Waals surface area contributed by atoms with Gasteiger partial charge in [0.25, 0.3) is 0 Å². The van der Waals surface area contributed by atoms with Crippen LogP contribution >= 0.6 is 0 Å². The van der Waals surface area contributed by atoms with E-state index in [4.69, 9.17) is 0 Å². The Hall–Kier alpha value is -1.76. The van der Waals surface area contributed by atoms with Crippen LogP contribution in [0.15, 0.2) is 49.2 Å². The normalized spacial score (nSPS) is 10.4. The molecule has 0 spiro atoms. The lowest BCUT2D eigenvalue weighted by atomic mass is 10.0. The molecule has 16 heavy (non-hydrogen) atoms. The number of aryl methyl sites for hydroxylation is 1. The van der Waals surface area contributed by atoms with E-state index in [9.17, 15) is 0 Å². The van der Waals surface area contributed by atoms with Crippen LogP contribution in [0.2, 0.25) is 0 Å². The minimum Gasteiger partial charge on any atom is -0.351 e. The summed E-state index contributed by atoms with van der Waals surface area (Å²) in [5, 5.41) is 2.58. The molecular weight excluding hydrogens is 194 g/mol. The molecule has 1 heteroatoms. The molecule has 0 unspecified atom stereocenters. The molecule has 0 atom stereocenters. The fourth-order valence-corrected chi connectivity index (χ4v) is 1.93. The summed E-state index contributed by atoms with van der Waals surface area (Å²) in [7, 11) is 2.03. The highest BCUT2D eigenvalue weighted by Gasteiger charge is 2.03. The van der Waals surface area contributed by atoms with Gasteiger partial charge < -0.3 is 4.90 Å². The zero-order chi connectivity index (χ0) is 11.5. The van der Waals surface area contributed by atoms with E-state index in [0.29, 0.717) is 0 Å². The van der Waals surface area contributed by atoms with E-state index >= 15 is 0 Å². The third-order valence-corrected chi connectivity index (χ3v) is 2.99. The van der Waals surface area contributed by atoms with Crippen molar-refractivity contribution in [3.8, 4) is 0 Å². The lowest BCUT2D eigenvalue weighted by Crippen LogP contribution is -2.07. The molecule has 0 aliphatic rings. The molecule has 0 amide bonds. The number of hydrogen-bond donors (Lipinski definition) is 0. The first kappa shape index (κ1) is 10.7. The topological polar surface area (TPSA) is 3.24 Å². The van der Waals surface area contributed by atoms with Gasteiger partial charge in [-0.15, -0.1) is 0 Å². The number of rotatable bonds is 3. The Labute approximate surface area is 97.0 Å². The smallest absolute Gasteiger partial charge is 0.0483 e. The van der Waals surface area contributed by atoms with E-state index in [1.807, 2.05) is 13.2 Å². The van der Waals surface area contributed by atoms with Gasteiger partial charge in [0.15, 0.2) is 0 Å². The molecule has 0 heterocycles. The molecule has 0 N–H and O–H groups in total. The molecule has 0 bridgehead atoms. The maximum Gasteiger partial charge on any atom is 0.0483 e. The second kappa shape index (κ2) is 4.40. The van der Waals surface area contributed by atoms with Crippen LogP contribution < -0.4 is 4.90 Å². The van der Waals surface area contributed by atoms with Gasteiger partial charge in [0.05, 0.1) is 0 Å². The predicted octanol–water partition coefficient (Wildman–Crippen LogP) is 3.98. The van der Waals surface area contributed by atoms with E-state index in [0.717, 1.165) is 6.42 Å². The quantitative estimate of drug-likeness (QED) is 0.742. The molecule has 0 radical (unpaired) electrons. The second-order valence-electron chi connectivity index (χ2n) is 3.98. The lowest BCUT2D eigenvalue weighted by Gasteiger charge is -2.16. The van der Waals surface area contributed by atoms with Gasteiger partial charge in [0.2, 0.25) is 0 Å². The van der Waals surface area contributed by atoms with E-state index in [-0.39, 0.29) is 0 Å². The molecule has 2 rings (SSSR count). The summed E-state index contributed by atoms with van der Waals surface area (Å²) < 4.78 is 0. The molecule has 0 aromatic heterocycles. The van der Waals surface area contributed by atoms with Crippen molar-refractivity contribution in [2.75, 3.05) is 11.9 Å². The van der Waals surface area contributed by atoms with Crippen LogP contribution in [0.25, 0.3) is 10.8 Å². The van der Waals surface area contributed by atoms with Crippen molar-refractivity contribution in [1.29, 1.82) is 0 Å². The van der Waals surface area contributed by atoms with Crippen molar-refractivity contribution in [3.05, 3.63) is 54.7 Å². The largest absolute Gasteiger partial charge is 0.351 e. The summed E-state index contributed by atoms with van der Waals surface area (Å²) in [5.74, 6) is 0. The van der Waals surface area contributed by atoms with E-state index < -0.39 is 0 Å². The Balaban J connectivity index is 2.68. The van der Waals surface area contributed by atoms with Gasteiger partial charge in [0, 0.05) is 18.1 Å². The SMILES string of the molecule is C=CN(C)c1cccc2ccc(CC)cc12. The summed E-state index contributed by atoms with van der Waals surface area (Å²) in [6, 6.07) is 13.0. The Morgan fingerprint density at radius 2 is 2.06 bits per heavy atom. The first-order valence-electron chi connectivity index (χ1n) is 5.63. The van der Waals surface area contributed by atoms with E-state index in [2.05, 4.69) is 54.8 Å². The summed E-state index contributed by atoms with van der Waals surface area (Å²) in [5.41, 5.74) is 2.58. The van der Waals surface area contributed by atoms with Crippen molar-refractivity contribution in [3.63, 3.8) is 0 Å². The van der Waals surface area contributed by atoms with Crippen LogP contribution in [-0.2, 0) is 6.42 Å². The third kappa shape index (κ3) is 1.81. The first-order valence-corrected chi connectivity index (χ1v) is 5.63. The highest BCUT2D eigenvalue weighted by Crippen LogP contribution is 2.27. The maximum absolute atomic E-state index is 3.81. The predicted molar refractivity (Wildman–Crippen MR) is 71.9 cm³/mol. The molecule has 82 valence electrons. The fraction of sp³-hybridized carbons (Fsp3) is 0.200. The molecule has 0 saturated carbocycles. The van der Waals surface area contributed by atoms with Crippen molar-refractivity contribution in [1.82, 2.24) is 0 Å². The van der Waals surface area contributed by atoms with Gasteiger partial charge in [0.1, 0.15) is 0 Å². The standard InChI is InChI=1S/C15H17N/c1-4-12-9-10-13-7-6-8-15(14(13)11-12)16(3)5-2/h5-11H,2,4H2,1,3H3. The molecule has 0 fully saturated rings. The number of hydrogen-bond acceptors (Lipinski definition) is 1. The van der Waals surface area contributed by atoms with E-state index in [1.165, 1.54) is 22.0 Å². The van der Waals surface area contributed by atoms with Crippen LogP contribution in [0.4, 0.5) is 5.69 Å². The van der Waals surface area contributed by atoms with Crippen molar-refractivity contribution in [2.45, 2.75) is 13.3 Å². The van der Waals surface area contributed by atoms with Crippen molar-refractivity contribution >= 4 is 16.5 Å². The Morgan fingerprint density at radius 1 is 1.25 bits per heavy atom. The van der Waals surface area contributed by atoms with Crippen molar-refractivity contribution < 1.29 is 0 Å². The molecule has 1 nitrogen and oxygen atoms in total. The van der Waals surface area contributed by atoms with Gasteiger partial charge in [-0.2, -0.15) is 0 Å². The number of fused-ring (bicyclic) bond motifs is 1. The summed E-state index contributed by atoms with van der Waals surface area (Å²) >= 11 is 0. The average molecular weight is 211 g/mol. The van der Waals surface area contributed by atoms with Crippen LogP contribution in [0.3, 0.4) is 0 Å². The summed E-state index contributed by atoms with van der Waals surface area (Å²) in [6.45, 7) is 5.99. The minimum absolute atomic E-state index is 1.07. The molecule has 2 aromatic rings. The van der Waals surface area contributed by atoms with Crippen LogP contribution in [-0.4, -0.2) is 7.05 Å². The third-order valence-electron chi connectivity index (χ3n) is 2.99. The van der Waals surface area contributed by atoms with Crippen LogP contribution in [0, 0.1) is 0 Å². The van der Waals surface area contributed by atoms with Gasteiger partial charge >= 0.3 is 0 Å². The summed E-state index contributed by atoms with van der Waals surface area (Å²) in [6.07, 6.45) is 2.91. The van der Waals surface area contributed by atoms with Gasteiger partial charge in [-0.05, 0) is 35.7 Å². The maximum atomic E-state index is 3.81. The minimum atomic E-state index is 1.07. The Morgan fingerprint density at radius 3 is 2.75 bits per heavy atom. The molecular formula is C15H17N. The molecule has 0 aliphatic heterocycles.